The van der Waals surface area contributed by atoms with E-state index in [1.807, 2.05) is 12.1 Å². The molecule has 1 aromatic carbocycles. The number of benzene rings is 1. The van der Waals surface area contributed by atoms with Gasteiger partial charge in [-0.15, -0.1) is 0 Å². The van der Waals surface area contributed by atoms with Gasteiger partial charge >= 0.3 is 0 Å². The number of carbonyl (C=O) groups excluding carboxylic acids is 1. The number of hydrogen-bond donors (Lipinski definition) is 3. The monoisotopic (exact) mass is 278 g/mol. The topological polar surface area (TPSA) is 70.6 Å². The van der Waals surface area contributed by atoms with Crippen molar-refractivity contribution in [2.45, 2.75) is 31.5 Å². The van der Waals surface area contributed by atoms with Gasteiger partial charge < -0.3 is 20.5 Å². The number of aliphatic hydroxyl groups is 1. The first-order valence-electron chi connectivity index (χ1n) is 6.95. The Morgan fingerprint density at radius 2 is 2.25 bits per heavy atom. The summed E-state index contributed by atoms with van der Waals surface area (Å²) in [6.45, 7) is 1.16. The summed E-state index contributed by atoms with van der Waals surface area (Å²) < 4.78 is 5.05. The number of nitrogens with one attached hydrogen (secondary N) is 2. The minimum absolute atomic E-state index is 0.0324. The van der Waals surface area contributed by atoms with Crippen molar-refractivity contribution in [1.29, 1.82) is 0 Å². The minimum Gasteiger partial charge on any atom is -0.396 e. The third-order valence-electron chi connectivity index (χ3n) is 3.59. The SMILES string of the molecule is COCC(CCO)NC(=O)C1Cc2ccccc2CN1. The van der Waals surface area contributed by atoms with Crippen LogP contribution in [0.1, 0.15) is 17.5 Å². The number of aliphatic hydroxyl groups excluding tert-OH is 1. The van der Waals surface area contributed by atoms with Gasteiger partial charge in [0, 0.05) is 20.3 Å². The predicted molar refractivity (Wildman–Crippen MR) is 76.3 cm³/mol. The van der Waals surface area contributed by atoms with Crippen molar-refractivity contribution >= 4 is 5.91 Å². The van der Waals surface area contributed by atoms with Crippen molar-refractivity contribution in [1.82, 2.24) is 10.6 Å². The maximum absolute atomic E-state index is 12.3. The lowest BCUT2D eigenvalue weighted by Gasteiger charge is -2.27. The first-order chi connectivity index (χ1) is 9.74. The van der Waals surface area contributed by atoms with Gasteiger partial charge in [-0.25, -0.2) is 0 Å². The third kappa shape index (κ3) is 3.79. The van der Waals surface area contributed by atoms with E-state index in [1.54, 1.807) is 7.11 Å². The van der Waals surface area contributed by atoms with Crippen molar-refractivity contribution in [3.05, 3.63) is 35.4 Å². The second-order valence-corrected chi connectivity index (χ2v) is 5.08. The first kappa shape index (κ1) is 15.0. The Balaban J connectivity index is 1.93. The van der Waals surface area contributed by atoms with E-state index in [9.17, 15) is 4.79 Å². The van der Waals surface area contributed by atoms with Crippen molar-refractivity contribution in [3.8, 4) is 0 Å². The van der Waals surface area contributed by atoms with Gasteiger partial charge in [0.25, 0.3) is 0 Å². The zero-order valence-electron chi connectivity index (χ0n) is 11.8. The number of carbonyl (C=O) groups is 1. The number of methoxy groups -OCH3 is 1. The molecule has 0 bridgehead atoms. The lowest BCUT2D eigenvalue weighted by atomic mass is 9.95. The highest BCUT2D eigenvalue weighted by Gasteiger charge is 2.25. The molecule has 0 fully saturated rings. The van der Waals surface area contributed by atoms with Crippen molar-refractivity contribution in [2.24, 2.45) is 0 Å². The molecule has 2 unspecified atom stereocenters. The fourth-order valence-electron chi connectivity index (χ4n) is 2.50. The Hall–Kier alpha value is -1.43. The molecule has 0 radical (unpaired) electrons. The van der Waals surface area contributed by atoms with E-state index < -0.39 is 0 Å². The lowest BCUT2D eigenvalue weighted by molar-refractivity contribution is -0.124. The van der Waals surface area contributed by atoms with Gasteiger partial charge in [0.2, 0.25) is 5.91 Å². The molecule has 20 heavy (non-hydrogen) atoms. The van der Waals surface area contributed by atoms with Gasteiger partial charge in [-0.1, -0.05) is 24.3 Å². The van der Waals surface area contributed by atoms with Crippen molar-refractivity contribution in [2.75, 3.05) is 20.3 Å². The molecule has 1 aromatic rings. The Bertz CT molecular complexity index is 444. The molecule has 0 aliphatic carbocycles. The van der Waals surface area contributed by atoms with E-state index in [4.69, 9.17) is 9.84 Å². The molecule has 0 aromatic heterocycles. The number of amides is 1. The highest BCUT2D eigenvalue weighted by Crippen LogP contribution is 2.16. The van der Waals surface area contributed by atoms with E-state index in [0.717, 1.165) is 0 Å². The molecule has 2 atom stereocenters. The molecule has 3 N–H and O–H groups in total. The van der Waals surface area contributed by atoms with Crippen molar-refractivity contribution in [3.63, 3.8) is 0 Å². The third-order valence-corrected chi connectivity index (χ3v) is 3.59. The van der Waals surface area contributed by atoms with Crippen LogP contribution in [0, 0.1) is 0 Å². The average molecular weight is 278 g/mol. The second kappa shape index (κ2) is 7.38. The summed E-state index contributed by atoms with van der Waals surface area (Å²) in [6, 6.07) is 7.79. The summed E-state index contributed by atoms with van der Waals surface area (Å²) in [5.41, 5.74) is 2.47. The van der Waals surface area contributed by atoms with Gasteiger partial charge in [0.05, 0.1) is 18.7 Å². The number of ether oxygens (including phenoxy) is 1. The quantitative estimate of drug-likeness (QED) is 0.696. The van der Waals surface area contributed by atoms with Crippen LogP contribution in [-0.2, 0) is 22.5 Å². The molecule has 110 valence electrons. The van der Waals surface area contributed by atoms with Crippen LogP contribution in [0.4, 0.5) is 0 Å². The van der Waals surface area contributed by atoms with Crippen LogP contribution in [0.2, 0.25) is 0 Å². The highest BCUT2D eigenvalue weighted by molar-refractivity contribution is 5.82. The van der Waals surface area contributed by atoms with E-state index in [-0.39, 0.29) is 24.6 Å². The number of hydrogen-bond acceptors (Lipinski definition) is 4. The molecule has 5 heteroatoms. The Morgan fingerprint density at radius 3 is 2.95 bits per heavy atom. The van der Waals surface area contributed by atoms with Crippen LogP contribution < -0.4 is 10.6 Å². The molecule has 2 rings (SSSR count). The Kier molecular flexibility index (Phi) is 5.52. The maximum Gasteiger partial charge on any atom is 0.237 e. The summed E-state index contributed by atoms with van der Waals surface area (Å²) in [7, 11) is 1.59. The first-order valence-corrected chi connectivity index (χ1v) is 6.95. The predicted octanol–water partition coefficient (Wildman–Crippen LogP) is 0.214. The van der Waals surface area contributed by atoms with Crippen LogP contribution in [0.15, 0.2) is 24.3 Å². The number of rotatable bonds is 6. The minimum atomic E-state index is -0.219. The average Bonchev–Trinajstić information content (AvgIpc) is 2.47. The summed E-state index contributed by atoms with van der Waals surface area (Å²) in [5.74, 6) is -0.0324. The highest BCUT2D eigenvalue weighted by atomic mass is 16.5. The van der Waals surface area contributed by atoms with E-state index in [2.05, 4.69) is 22.8 Å². The van der Waals surface area contributed by atoms with Gasteiger partial charge in [0.1, 0.15) is 0 Å². The zero-order valence-corrected chi connectivity index (χ0v) is 11.8. The van der Waals surface area contributed by atoms with Crippen molar-refractivity contribution < 1.29 is 14.6 Å². The van der Waals surface area contributed by atoms with Gasteiger partial charge in [-0.2, -0.15) is 0 Å². The normalized spacial score (nSPS) is 19.2. The molecule has 1 amide bonds. The van der Waals surface area contributed by atoms with E-state index in [1.165, 1.54) is 11.1 Å². The van der Waals surface area contributed by atoms with Crippen LogP contribution in [0.5, 0.6) is 0 Å². The second-order valence-electron chi connectivity index (χ2n) is 5.08. The largest absolute Gasteiger partial charge is 0.396 e. The standard InChI is InChI=1S/C15H22N2O3/c1-20-10-13(6-7-18)17-15(19)14-8-11-4-2-3-5-12(11)9-16-14/h2-5,13-14,16,18H,6-10H2,1H3,(H,17,19). The summed E-state index contributed by atoms with van der Waals surface area (Å²) in [4.78, 5) is 12.3. The molecule has 1 heterocycles. The smallest absolute Gasteiger partial charge is 0.237 e. The Morgan fingerprint density at radius 1 is 1.50 bits per heavy atom. The summed E-state index contributed by atoms with van der Waals surface area (Å²) in [6.07, 6.45) is 1.20. The fraction of sp³-hybridized carbons (Fsp3) is 0.533. The molecule has 5 nitrogen and oxygen atoms in total. The van der Waals surface area contributed by atoms with Gasteiger partial charge in [0.15, 0.2) is 0 Å². The molecular formula is C15H22N2O3. The molecule has 0 saturated carbocycles. The molecule has 0 saturated heterocycles. The molecule has 0 spiro atoms. The van der Waals surface area contributed by atoms with Crippen LogP contribution in [0.3, 0.4) is 0 Å². The number of fused-ring (bicyclic) bond motifs is 1. The maximum atomic E-state index is 12.3. The summed E-state index contributed by atoms with van der Waals surface area (Å²) >= 11 is 0. The summed E-state index contributed by atoms with van der Waals surface area (Å²) in [5, 5.41) is 15.2. The molecule has 1 aliphatic rings. The zero-order chi connectivity index (χ0) is 14.4. The van der Waals surface area contributed by atoms with E-state index >= 15 is 0 Å². The van der Waals surface area contributed by atoms with Crippen LogP contribution in [-0.4, -0.2) is 43.4 Å². The fourth-order valence-corrected chi connectivity index (χ4v) is 2.50. The molecular weight excluding hydrogens is 256 g/mol. The lowest BCUT2D eigenvalue weighted by Crippen LogP contribution is -2.51. The van der Waals surface area contributed by atoms with Gasteiger partial charge in [-0.05, 0) is 24.0 Å². The Labute approximate surface area is 119 Å². The van der Waals surface area contributed by atoms with Gasteiger partial charge in [-0.3, -0.25) is 4.79 Å². The molecule has 1 aliphatic heterocycles. The van der Waals surface area contributed by atoms with Crippen LogP contribution in [0.25, 0.3) is 0 Å². The van der Waals surface area contributed by atoms with Crippen LogP contribution >= 0.6 is 0 Å². The van der Waals surface area contributed by atoms with E-state index in [0.29, 0.717) is 26.0 Å².